The molecule has 0 spiro atoms. The molecule has 0 fully saturated rings. The van der Waals surface area contributed by atoms with E-state index in [0.717, 1.165) is 39.8 Å². The van der Waals surface area contributed by atoms with E-state index in [1.807, 2.05) is 68.4 Å². The molecule has 2 atom stereocenters. The molecule has 0 bridgehead atoms. The van der Waals surface area contributed by atoms with E-state index in [9.17, 15) is 4.79 Å². The molecule has 4 heteroatoms. The van der Waals surface area contributed by atoms with Gasteiger partial charge in [0.2, 0.25) is 0 Å². The molecule has 0 aliphatic rings. The highest BCUT2D eigenvalue weighted by Crippen LogP contribution is 2.27. The lowest BCUT2D eigenvalue weighted by molar-refractivity contribution is -0.128. The van der Waals surface area contributed by atoms with Crippen molar-refractivity contribution >= 4 is 16.7 Å². The Morgan fingerprint density at radius 2 is 1.72 bits per heavy atom. The molecule has 0 saturated carbocycles. The quantitative estimate of drug-likeness (QED) is 0.545. The minimum absolute atomic E-state index is 0.0720. The lowest BCUT2D eigenvalue weighted by atomic mass is 10.0. The highest BCUT2D eigenvalue weighted by atomic mass is 16.5. The van der Waals surface area contributed by atoms with Gasteiger partial charge in [-0.2, -0.15) is 0 Å². The molecule has 3 aromatic carbocycles. The summed E-state index contributed by atoms with van der Waals surface area (Å²) in [6, 6.07) is 19.9. The maximum atomic E-state index is 13.0. The number of nitrogens with one attached hydrogen (secondary N) is 1. The van der Waals surface area contributed by atoms with Crippen molar-refractivity contribution in [2.24, 2.45) is 0 Å². The molecule has 0 heterocycles. The molecule has 29 heavy (non-hydrogen) atoms. The van der Waals surface area contributed by atoms with E-state index < -0.39 is 6.10 Å². The second kappa shape index (κ2) is 9.46. The summed E-state index contributed by atoms with van der Waals surface area (Å²) < 4.78 is 11.5. The van der Waals surface area contributed by atoms with Crippen molar-refractivity contribution in [1.29, 1.82) is 0 Å². The van der Waals surface area contributed by atoms with E-state index in [4.69, 9.17) is 9.47 Å². The first kappa shape index (κ1) is 20.7. The number of methoxy groups -OCH3 is 1. The molecule has 0 radical (unpaired) electrons. The van der Waals surface area contributed by atoms with Gasteiger partial charge in [-0.05, 0) is 48.4 Å². The van der Waals surface area contributed by atoms with Crippen LogP contribution in [0.1, 0.15) is 43.9 Å². The van der Waals surface area contributed by atoms with Crippen molar-refractivity contribution in [2.45, 2.75) is 45.8 Å². The summed E-state index contributed by atoms with van der Waals surface area (Å²) in [6.07, 6.45) is 0.837. The highest BCUT2D eigenvalue weighted by molar-refractivity contribution is 5.89. The topological polar surface area (TPSA) is 47.6 Å². The molecule has 3 aromatic rings. The average Bonchev–Trinajstić information content (AvgIpc) is 2.75. The highest BCUT2D eigenvalue weighted by Gasteiger charge is 2.23. The van der Waals surface area contributed by atoms with Crippen molar-refractivity contribution in [2.75, 3.05) is 7.11 Å². The molecule has 0 saturated heterocycles. The number of carbonyl (C=O) groups is 1. The van der Waals surface area contributed by atoms with Gasteiger partial charge in [-0.3, -0.25) is 4.79 Å². The lowest BCUT2D eigenvalue weighted by Crippen LogP contribution is -2.40. The summed E-state index contributed by atoms with van der Waals surface area (Å²) in [7, 11) is 1.66. The van der Waals surface area contributed by atoms with Crippen molar-refractivity contribution in [3.63, 3.8) is 0 Å². The molecular formula is C25H29NO3. The smallest absolute Gasteiger partial charge is 0.261 e. The van der Waals surface area contributed by atoms with E-state index in [1.54, 1.807) is 7.11 Å². The third-order valence-corrected chi connectivity index (χ3v) is 5.23. The minimum atomic E-state index is -0.547. The SMILES string of the molecule is CC[C@H](Oc1cccc2ccccc12)C(=O)N[C@@H](CC)c1ccc(OC)c(C)c1. The first-order valence-corrected chi connectivity index (χ1v) is 10.2. The Balaban J connectivity index is 1.77. The van der Waals surface area contributed by atoms with Crippen LogP contribution in [-0.2, 0) is 4.79 Å². The maximum absolute atomic E-state index is 13.0. The first-order valence-electron chi connectivity index (χ1n) is 10.2. The molecule has 0 aromatic heterocycles. The largest absolute Gasteiger partial charge is 0.496 e. The van der Waals surface area contributed by atoms with E-state index in [1.165, 1.54) is 0 Å². The van der Waals surface area contributed by atoms with Crippen LogP contribution < -0.4 is 14.8 Å². The number of benzene rings is 3. The second-order valence-corrected chi connectivity index (χ2v) is 7.19. The third-order valence-electron chi connectivity index (χ3n) is 5.23. The second-order valence-electron chi connectivity index (χ2n) is 7.19. The zero-order valence-electron chi connectivity index (χ0n) is 17.6. The fourth-order valence-electron chi connectivity index (χ4n) is 3.58. The van der Waals surface area contributed by atoms with E-state index in [2.05, 4.69) is 18.3 Å². The van der Waals surface area contributed by atoms with Crippen LogP contribution in [0.3, 0.4) is 0 Å². The van der Waals surface area contributed by atoms with Gasteiger partial charge in [0.15, 0.2) is 6.10 Å². The van der Waals surface area contributed by atoms with Crippen LogP contribution in [-0.4, -0.2) is 19.1 Å². The summed E-state index contributed by atoms with van der Waals surface area (Å²) in [5.41, 5.74) is 2.12. The lowest BCUT2D eigenvalue weighted by Gasteiger charge is -2.23. The summed E-state index contributed by atoms with van der Waals surface area (Å²) in [5.74, 6) is 1.49. The number of rotatable bonds is 8. The number of fused-ring (bicyclic) bond motifs is 1. The molecule has 0 unspecified atom stereocenters. The number of hydrogen-bond acceptors (Lipinski definition) is 3. The number of carbonyl (C=O) groups excluding carboxylic acids is 1. The van der Waals surface area contributed by atoms with Gasteiger partial charge in [0.1, 0.15) is 11.5 Å². The van der Waals surface area contributed by atoms with Crippen molar-refractivity contribution in [1.82, 2.24) is 5.32 Å². The van der Waals surface area contributed by atoms with Crippen LogP contribution in [0.5, 0.6) is 11.5 Å². The number of amides is 1. The zero-order chi connectivity index (χ0) is 20.8. The molecule has 0 aliphatic heterocycles. The Morgan fingerprint density at radius 1 is 0.966 bits per heavy atom. The third kappa shape index (κ3) is 4.70. The maximum Gasteiger partial charge on any atom is 0.261 e. The van der Waals surface area contributed by atoms with Gasteiger partial charge in [0, 0.05) is 5.39 Å². The average molecular weight is 392 g/mol. The fourth-order valence-corrected chi connectivity index (χ4v) is 3.58. The Hall–Kier alpha value is -3.01. The number of ether oxygens (including phenoxy) is 2. The predicted molar refractivity (Wildman–Crippen MR) is 118 cm³/mol. The molecule has 1 N–H and O–H groups in total. The number of aryl methyl sites for hydroxylation is 1. The van der Waals surface area contributed by atoms with E-state index in [0.29, 0.717) is 6.42 Å². The van der Waals surface area contributed by atoms with Gasteiger partial charge in [-0.1, -0.05) is 62.4 Å². The van der Waals surface area contributed by atoms with Gasteiger partial charge in [-0.15, -0.1) is 0 Å². The molecular weight excluding hydrogens is 362 g/mol. The summed E-state index contributed by atoms with van der Waals surface area (Å²) in [6.45, 7) is 6.04. The van der Waals surface area contributed by atoms with Crippen LogP contribution in [0.15, 0.2) is 60.7 Å². The van der Waals surface area contributed by atoms with Gasteiger partial charge in [0.05, 0.1) is 13.2 Å². The monoisotopic (exact) mass is 391 g/mol. The molecule has 3 rings (SSSR count). The van der Waals surface area contributed by atoms with Crippen molar-refractivity contribution in [3.8, 4) is 11.5 Å². The summed E-state index contributed by atoms with van der Waals surface area (Å²) in [5, 5.41) is 5.27. The van der Waals surface area contributed by atoms with Crippen LogP contribution in [0.4, 0.5) is 0 Å². The summed E-state index contributed by atoms with van der Waals surface area (Å²) >= 11 is 0. The van der Waals surface area contributed by atoms with Gasteiger partial charge >= 0.3 is 0 Å². The molecule has 0 aliphatic carbocycles. The summed E-state index contributed by atoms with van der Waals surface area (Å²) in [4.78, 5) is 13.0. The zero-order valence-corrected chi connectivity index (χ0v) is 17.6. The molecule has 152 valence electrons. The van der Waals surface area contributed by atoms with Gasteiger partial charge in [-0.25, -0.2) is 0 Å². The Kier molecular flexibility index (Phi) is 6.76. The van der Waals surface area contributed by atoms with Gasteiger partial charge in [0.25, 0.3) is 5.91 Å². The molecule has 1 amide bonds. The van der Waals surface area contributed by atoms with E-state index >= 15 is 0 Å². The van der Waals surface area contributed by atoms with Crippen LogP contribution in [0, 0.1) is 6.92 Å². The van der Waals surface area contributed by atoms with Crippen molar-refractivity contribution < 1.29 is 14.3 Å². The Bertz CT molecular complexity index is 977. The van der Waals surface area contributed by atoms with Crippen LogP contribution in [0.25, 0.3) is 10.8 Å². The normalized spacial score (nSPS) is 13.0. The molecule has 4 nitrogen and oxygen atoms in total. The first-order chi connectivity index (χ1) is 14.1. The Labute approximate surface area is 172 Å². The van der Waals surface area contributed by atoms with E-state index in [-0.39, 0.29) is 11.9 Å². The predicted octanol–water partition coefficient (Wildman–Crippen LogP) is 5.58. The van der Waals surface area contributed by atoms with Crippen LogP contribution >= 0.6 is 0 Å². The Morgan fingerprint density at radius 3 is 2.41 bits per heavy atom. The fraction of sp³-hybridized carbons (Fsp3) is 0.320. The number of hydrogen-bond donors (Lipinski definition) is 1. The van der Waals surface area contributed by atoms with Gasteiger partial charge < -0.3 is 14.8 Å². The van der Waals surface area contributed by atoms with Crippen LogP contribution in [0.2, 0.25) is 0 Å². The van der Waals surface area contributed by atoms with Crippen molar-refractivity contribution in [3.05, 3.63) is 71.8 Å². The standard InChI is InChI=1S/C25H29NO3/c1-5-21(19-14-15-23(28-4)17(3)16-19)26-25(27)22(6-2)29-24-13-9-11-18-10-7-8-12-20(18)24/h7-16,21-22H,5-6H2,1-4H3,(H,26,27)/t21-,22-/m0/s1. The minimum Gasteiger partial charge on any atom is -0.496 e.